The molecule has 4 aromatic rings. The van der Waals surface area contributed by atoms with Crippen LogP contribution in [-0.2, 0) is 0 Å². The van der Waals surface area contributed by atoms with Crippen molar-refractivity contribution < 1.29 is 9.15 Å². The molecule has 0 saturated heterocycles. The Morgan fingerprint density at radius 1 is 0.655 bits per heavy atom. The van der Waals surface area contributed by atoms with E-state index in [2.05, 4.69) is 69.3 Å². The summed E-state index contributed by atoms with van der Waals surface area (Å²) in [5.74, 6) is 2.45. The van der Waals surface area contributed by atoms with Gasteiger partial charge in [0.15, 0.2) is 0 Å². The summed E-state index contributed by atoms with van der Waals surface area (Å²) < 4.78 is 12.1. The fraction of sp³-hybridized carbons (Fsp3) is 0.148. The second-order valence-electron chi connectivity index (χ2n) is 7.41. The SMILES string of the molecule is COc1ccccc1-c1cc(-c2ccccc2)cc(-c2c(C)cc(C)cc2C)[o+]1. The number of rotatable bonds is 4. The van der Waals surface area contributed by atoms with E-state index in [4.69, 9.17) is 9.15 Å². The van der Waals surface area contributed by atoms with E-state index in [9.17, 15) is 0 Å². The van der Waals surface area contributed by atoms with E-state index in [1.807, 2.05) is 30.3 Å². The summed E-state index contributed by atoms with van der Waals surface area (Å²) in [6.07, 6.45) is 0. The Morgan fingerprint density at radius 3 is 1.97 bits per heavy atom. The van der Waals surface area contributed by atoms with Crippen molar-refractivity contribution in [2.45, 2.75) is 20.8 Å². The van der Waals surface area contributed by atoms with Gasteiger partial charge in [0.2, 0.25) is 0 Å². The minimum Gasteiger partial charge on any atom is -0.496 e. The zero-order chi connectivity index (χ0) is 20.4. The van der Waals surface area contributed by atoms with Gasteiger partial charge in [-0.15, -0.1) is 0 Å². The molecule has 0 amide bonds. The predicted octanol–water partition coefficient (Wildman–Crippen LogP) is 7.50. The second-order valence-corrected chi connectivity index (χ2v) is 7.41. The monoisotopic (exact) mass is 381 g/mol. The van der Waals surface area contributed by atoms with Crippen molar-refractivity contribution in [3.8, 4) is 39.5 Å². The van der Waals surface area contributed by atoms with Crippen LogP contribution in [0.2, 0.25) is 0 Å². The highest BCUT2D eigenvalue weighted by molar-refractivity contribution is 5.78. The molecule has 144 valence electrons. The number of benzene rings is 3. The number of methoxy groups -OCH3 is 1. The molecule has 4 rings (SSSR count). The molecule has 0 saturated carbocycles. The maximum atomic E-state index is 6.48. The van der Waals surface area contributed by atoms with E-state index in [0.29, 0.717) is 0 Å². The molecule has 3 aromatic carbocycles. The van der Waals surface area contributed by atoms with Crippen molar-refractivity contribution >= 4 is 0 Å². The zero-order valence-corrected chi connectivity index (χ0v) is 17.3. The van der Waals surface area contributed by atoms with E-state index in [-0.39, 0.29) is 0 Å². The first-order valence-electron chi connectivity index (χ1n) is 9.82. The summed E-state index contributed by atoms with van der Waals surface area (Å²) in [5, 5.41) is 0. The van der Waals surface area contributed by atoms with Crippen LogP contribution in [0.15, 0.2) is 83.3 Å². The van der Waals surface area contributed by atoms with Crippen LogP contribution < -0.4 is 4.74 Å². The standard InChI is InChI=1S/C27H25O2/c1-18-14-19(2)27(20(3)15-18)26-17-22(21-10-6-5-7-11-21)16-25(29-26)23-12-8-9-13-24(23)28-4/h5-17H,1-4H3/q+1. The van der Waals surface area contributed by atoms with E-state index in [0.717, 1.165) is 39.5 Å². The summed E-state index contributed by atoms with van der Waals surface area (Å²) in [6, 6.07) is 27.0. The van der Waals surface area contributed by atoms with Gasteiger partial charge < -0.3 is 4.74 Å². The van der Waals surface area contributed by atoms with Crippen LogP contribution in [0.3, 0.4) is 0 Å². The summed E-state index contributed by atoms with van der Waals surface area (Å²) in [7, 11) is 1.69. The molecule has 0 aliphatic rings. The van der Waals surface area contributed by atoms with Crippen LogP contribution >= 0.6 is 0 Å². The fourth-order valence-electron chi connectivity index (χ4n) is 3.97. The lowest BCUT2D eigenvalue weighted by molar-refractivity contribution is 0.414. The van der Waals surface area contributed by atoms with Crippen molar-refractivity contribution in [2.24, 2.45) is 0 Å². The molecule has 2 nitrogen and oxygen atoms in total. The largest absolute Gasteiger partial charge is 0.496 e. The lowest BCUT2D eigenvalue weighted by Gasteiger charge is -2.08. The average Bonchev–Trinajstić information content (AvgIpc) is 2.73. The maximum Gasteiger partial charge on any atom is 0.365 e. The average molecular weight is 381 g/mol. The van der Waals surface area contributed by atoms with Crippen molar-refractivity contribution in [3.63, 3.8) is 0 Å². The first-order valence-corrected chi connectivity index (χ1v) is 9.82. The lowest BCUT2D eigenvalue weighted by atomic mass is 9.95. The highest BCUT2D eigenvalue weighted by atomic mass is 16.5. The molecule has 0 radical (unpaired) electrons. The predicted molar refractivity (Wildman–Crippen MR) is 120 cm³/mol. The molecule has 0 aliphatic heterocycles. The van der Waals surface area contributed by atoms with Crippen LogP contribution in [0.1, 0.15) is 16.7 Å². The molecular formula is C27H25O2+. The molecule has 0 atom stereocenters. The van der Waals surface area contributed by atoms with Crippen molar-refractivity contribution in [3.05, 3.63) is 95.6 Å². The van der Waals surface area contributed by atoms with Gasteiger partial charge in [-0.1, -0.05) is 60.2 Å². The van der Waals surface area contributed by atoms with E-state index in [1.54, 1.807) is 7.11 Å². The van der Waals surface area contributed by atoms with Crippen molar-refractivity contribution in [1.29, 1.82) is 0 Å². The number of para-hydroxylation sites is 1. The quantitative estimate of drug-likeness (QED) is 0.341. The third kappa shape index (κ3) is 3.79. The molecule has 0 bridgehead atoms. The third-order valence-electron chi connectivity index (χ3n) is 5.20. The first kappa shape index (κ1) is 18.9. The normalized spacial score (nSPS) is 10.8. The Hall–Kier alpha value is -3.39. The van der Waals surface area contributed by atoms with E-state index in [1.165, 1.54) is 16.7 Å². The molecule has 0 fully saturated rings. The number of hydrogen-bond donors (Lipinski definition) is 0. The molecule has 1 heterocycles. The number of ether oxygens (including phenoxy) is 1. The smallest absolute Gasteiger partial charge is 0.365 e. The maximum absolute atomic E-state index is 6.48. The van der Waals surface area contributed by atoms with E-state index >= 15 is 0 Å². The molecular weight excluding hydrogens is 356 g/mol. The molecule has 29 heavy (non-hydrogen) atoms. The van der Waals surface area contributed by atoms with Crippen molar-refractivity contribution in [2.75, 3.05) is 7.11 Å². The van der Waals surface area contributed by atoms with Gasteiger partial charge in [0.1, 0.15) is 11.3 Å². The Bertz CT molecular complexity index is 1140. The fourth-order valence-corrected chi connectivity index (χ4v) is 3.97. The Kier molecular flexibility index (Phi) is 5.18. The van der Waals surface area contributed by atoms with Gasteiger partial charge in [-0.3, -0.25) is 0 Å². The number of aryl methyl sites for hydroxylation is 3. The van der Waals surface area contributed by atoms with Gasteiger partial charge in [-0.25, -0.2) is 4.42 Å². The summed E-state index contributed by atoms with van der Waals surface area (Å²) in [4.78, 5) is 0. The first-order chi connectivity index (χ1) is 14.1. The molecule has 0 aliphatic carbocycles. The molecule has 2 heteroatoms. The Morgan fingerprint density at radius 2 is 1.28 bits per heavy atom. The van der Waals surface area contributed by atoms with Crippen LogP contribution in [0.4, 0.5) is 0 Å². The minimum atomic E-state index is 0.790. The Labute approximate surface area is 172 Å². The van der Waals surface area contributed by atoms with Crippen molar-refractivity contribution in [1.82, 2.24) is 0 Å². The minimum absolute atomic E-state index is 0.790. The van der Waals surface area contributed by atoms with Gasteiger partial charge in [-0.05, 0) is 49.6 Å². The summed E-state index contributed by atoms with van der Waals surface area (Å²) in [6.45, 7) is 6.41. The molecule has 1 aromatic heterocycles. The highest BCUT2D eigenvalue weighted by Crippen LogP contribution is 2.38. The summed E-state index contributed by atoms with van der Waals surface area (Å²) in [5.41, 5.74) is 8.04. The zero-order valence-electron chi connectivity index (χ0n) is 17.3. The van der Waals surface area contributed by atoms with Crippen LogP contribution in [0.25, 0.3) is 33.8 Å². The van der Waals surface area contributed by atoms with Gasteiger partial charge in [0.05, 0.1) is 24.8 Å². The van der Waals surface area contributed by atoms with Crippen LogP contribution in [0.5, 0.6) is 5.75 Å². The Balaban J connectivity index is 2.00. The van der Waals surface area contributed by atoms with Gasteiger partial charge in [-0.2, -0.15) is 0 Å². The molecule has 0 N–H and O–H groups in total. The summed E-state index contributed by atoms with van der Waals surface area (Å²) >= 11 is 0. The van der Waals surface area contributed by atoms with Crippen LogP contribution in [0, 0.1) is 20.8 Å². The topological polar surface area (TPSA) is 20.5 Å². The third-order valence-corrected chi connectivity index (χ3v) is 5.20. The van der Waals surface area contributed by atoms with Gasteiger partial charge in [0.25, 0.3) is 0 Å². The van der Waals surface area contributed by atoms with Gasteiger partial charge in [0, 0.05) is 5.56 Å². The number of hydrogen-bond acceptors (Lipinski definition) is 1. The highest BCUT2D eigenvalue weighted by Gasteiger charge is 2.25. The molecule has 0 spiro atoms. The van der Waals surface area contributed by atoms with Crippen LogP contribution in [-0.4, -0.2) is 7.11 Å². The lowest BCUT2D eigenvalue weighted by Crippen LogP contribution is -1.93. The van der Waals surface area contributed by atoms with Gasteiger partial charge >= 0.3 is 11.5 Å². The molecule has 0 unspecified atom stereocenters. The van der Waals surface area contributed by atoms with E-state index < -0.39 is 0 Å². The second kappa shape index (κ2) is 7.92.